The summed E-state index contributed by atoms with van der Waals surface area (Å²) in [5.74, 6) is 0.716. The lowest BCUT2D eigenvalue weighted by Crippen LogP contribution is -2.25. The number of aromatic nitrogens is 1. The molecule has 1 aliphatic carbocycles. The molecule has 0 aliphatic heterocycles. The first-order valence-corrected chi connectivity index (χ1v) is 6.49. The van der Waals surface area contributed by atoms with Crippen LogP contribution in [0.2, 0.25) is 0 Å². The highest BCUT2D eigenvalue weighted by molar-refractivity contribution is 7.73. The molecule has 0 unspecified atom stereocenters. The van der Waals surface area contributed by atoms with Crippen LogP contribution in [0.15, 0.2) is 35.0 Å². The van der Waals surface area contributed by atoms with Crippen LogP contribution in [-0.4, -0.2) is 18.3 Å². The van der Waals surface area contributed by atoms with Crippen LogP contribution in [0.25, 0.3) is 23.5 Å². The molecule has 4 nitrogen and oxygen atoms in total. The van der Waals surface area contributed by atoms with E-state index in [0.717, 1.165) is 16.2 Å². The maximum Gasteiger partial charge on any atom is 0.217 e. The highest BCUT2D eigenvalue weighted by Gasteiger charge is 2.08. The lowest BCUT2D eigenvalue weighted by atomic mass is 10.1. The summed E-state index contributed by atoms with van der Waals surface area (Å²) in [6.07, 6.45) is 7.19. The molecule has 1 aliphatic rings. The summed E-state index contributed by atoms with van der Waals surface area (Å²) in [6, 6.07) is 5.54. The summed E-state index contributed by atoms with van der Waals surface area (Å²) in [5.41, 5.74) is 1.64. The Kier molecular flexibility index (Phi) is 2.60. The van der Waals surface area contributed by atoms with Crippen LogP contribution in [0.1, 0.15) is 6.42 Å². The van der Waals surface area contributed by atoms with Crippen LogP contribution < -0.4 is 10.6 Å². The fourth-order valence-corrected chi connectivity index (χ4v) is 2.33. The summed E-state index contributed by atoms with van der Waals surface area (Å²) in [5, 5.41) is 0.798. The van der Waals surface area contributed by atoms with E-state index in [1.807, 2.05) is 18.2 Å². The number of furan rings is 1. The van der Waals surface area contributed by atoms with Crippen molar-refractivity contribution in [3.63, 3.8) is 0 Å². The van der Waals surface area contributed by atoms with E-state index in [4.69, 9.17) is 4.42 Å². The van der Waals surface area contributed by atoms with E-state index in [2.05, 4.69) is 4.98 Å². The number of hydrogen-bond donors (Lipinski definition) is 0. The van der Waals surface area contributed by atoms with Crippen LogP contribution in [0.5, 0.6) is 0 Å². The first kappa shape index (κ1) is 11.0. The van der Waals surface area contributed by atoms with Gasteiger partial charge in [0.1, 0.15) is 11.2 Å². The van der Waals surface area contributed by atoms with E-state index < -0.39 is 10.3 Å². The number of rotatable bonds is 1. The second-order valence-corrected chi connectivity index (χ2v) is 4.91. The van der Waals surface area contributed by atoms with Gasteiger partial charge in [0.05, 0.1) is 4.86 Å². The highest BCUT2D eigenvalue weighted by atomic mass is 32.2. The molecule has 0 saturated carbocycles. The van der Waals surface area contributed by atoms with Crippen molar-refractivity contribution in [2.45, 2.75) is 6.42 Å². The molecule has 2 heterocycles. The molecule has 0 saturated heterocycles. The molecular weight excluding hydrogens is 250 g/mol. The van der Waals surface area contributed by atoms with Crippen molar-refractivity contribution < 1.29 is 12.8 Å². The van der Waals surface area contributed by atoms with Gasteiger partial charge >= 0.3 is 0 Å². The molecule has 3 rings (SSSR count). The van der Waals surface area contributed by atoms with E-state index in [0.29, 0.717) is 17.0 Å². The Morgan fingerprint density at radius 1 is 1.22 bits per heavy atom. The molecule has 0 aromatic carbocycles. The van der Waals surface area contributed by atoms with E-state index in [-0.39, 0.29) is 0 Å². The van der Waals surface area contributed by atoms with Crippen LogP contribution in [0.3, 0.4) is 0 Å². The SMILES string of the molecule is O=S(=O)=C1C=c2cc(-c3ccncc3)oc2=CC1. The molecule has 0 radical (unpaired) electrons. The van der Waals surface area contributed by atoms with Crippen LogP contribution in [0, 0.1) is 0 Å². The summed E-state index contributed by atoms with van der Waals surface area (Å²) in [4.78, 5) is 4.32. The van der Waals surface area contributed by atoms with E-state index in [9.17, 15) is 8.42 Å². The van der Waals surface area contributed by atoms with E-state index >= 15 is 0 Å². The Balaban J connectivity index is 2.22. The molecular formula is C13H9NO3S. The Morgan fingerprint density at radius 2 is 2.00 bits per heavy atom. The predicted molar refractivity (Wildman–Crippen MR) is 68.7 cm³/mol. The topological polar surface area (TPSA) is 60.2 Å². The third-order valence-electron chi connectivity index (χ3n) is 2.78. The van der Waals surface area contributed by atoms with Gasteiger partial charge in [-0.15, -0.1) is 0 Å². The zero-order chi connectivity index (χ0) is 12.5. The van der Waals surface area contributed by atoms with Crippen molar-refractivity contribution in [1.82, 2.24) is 4.98 Å². The maximum absolute atomic E-state index is 10.9. The fourth-order valence-electron chi connectivity index (χ4n) is 1.89. The number of hydrogen-bond acceptors (Lipinski definition) is 4. The van der Waals surface area contributed by atoms with Gasteiger partial charge in [0, 0.05) is 29.6 Å². The zero-order valence-corrected chi connectivity index (χ0v) is 10.1. The number of fused-ring (bicyclic) bond motifs is 1. The Hall–Kier alpha value is -2.14. The molecule has 90 valence electrons. The first-order valence-electron chi connectivity index (χ1n) is 5.41. The summed E-state index contributed by atoms with van der Waals surface area (Å²) < 4.78 is 27.5. The van der Waals surface area contributed by atoms with Crippen LogP contribution in [0.4, 0.5) is 0 Å². The molecule has 0 N–H and O–H groups in total. The minimum absolute atomic E-state index is 0.379. The van der Waals surface area contributed by atoms with Crippen molar-refractivity contribution in [3.05, 3.63) is 41.2 Å². The minimum atomic E-state index is -2.17. The Morgan fingerprint density at radius 3 is 2.72 bits per heavy atom. The second kappa shape index (κ2) is 4.27. The lowest BCUT2D eigenvalue weighted by Gasteiger charge is -1.94. The van der Waals surface area contributed by atoms with Gasteiger partial charge < -0.3 is 4.42 Å². The van der Waals surface area contributed by atoms with Crippen molar-refractivity contribution in [2.75, 3.05) is 0 Å². The normalized spacial score (nSPS) is 13.4. The molecule has 5 heteroatoms. The van der Waals surface area contributed by atoms with Crippen LogP contribution in [-0.2, 0) is 10.3 Å². The second-order valence-electron chi connectivity index (χ2n) is 3.92. The van der Waals surface area contributed by atoms with Crippen LogP contribution >= 0.6 is 0 Å². The van der Waals surface area contributed by atoms with Crippen molar-refractivity contribution in [2.24, 2.45) is 0 Å². The quantitative estimate of drug-likeness (QED) is 0.694. The lowest BCUT2D eigenvalue weighted by molar-refractivity contribution is 0.544. The number of pyridine rings is 1. The Bertz CT molecular complexity index is 837. The molecule has 2 aromatic rings. The standard InChI is InChI=1S/C13H9NO3S/c15-18(16)11-1-2-12-10(7-11)8-13(17-12)9-3-5-14-6-4-9/h2-8H,1H2. The van der Waals surface area contributed by atoms with Gasteiger partial charge in [-0.05, 0) is 30.4 Å². The summed E-state index contributed by atoms with van der Waals surface area (Å²) in [7, 11) is -2.17. The van der Waals surface area contributed by atoms with Crippen molar-refractivity contribution >= 4 is 27.3 Å². The smallest absolute Gasteiger partial charge is 0.217 e. The maximum atomic E-state index is 10.9. The van der Waals surface area contributed by atoms with Gasteiger partial charge in [0.25, 0.3) is 0 Å². The summed E-state index contributed by atoms with van der Waals surface area (Å²) in [6.45, 7) is 0. The largest absolute Gasteiger partial charge is 0.456 e. The van der Waals surface area contributed by atoms with E-state index in [1.165, 1.54) is 0 Å². The van der Waals surface area contributed by atoms with Crippen molar-refractivity contribution in [3.8, 4) is 11.3 Å². The average Bonchev–Trinajstić information content (AvgIpc) is 2.82. The van der Waals surface area contributed by atoms with Gasteiger partial charge in [-0.1, -0.05) is 0 Å². The average molecular weight is 259 g/mol. The molecule has 2 aromatic heterocycles. The monoisotopic (exact) mass is 259 g/mol. The third kappa shape index (κ3) is 1.89. The van der Waals surface area contributed by atoms with Gasteiger partial charge in [-0.3, -0.25) is 4.98 Å². The first-order chi connectivity index (χ1) is 8.74. The van der Waals surface area contributed by atoms with Gasteiger partial charge in [-0.25, -0.2) is 0 Å². The van der Waals surface area contributed by atoms with Gasteiger partial charge in [-0.2, -0.15) is 8.42 Å². The molecule has 0 atom stereocenters. The molecule has 0 bridgehead atoms. The zero-order valence-electron chi connectivity index (χ0n) is 9.33. The fraction of sp³-hybridized carbons (Fsp3) is 0.0769. The molecule has 0 amide bonds. The highest BCUT2D eigenvalue weighted by Crippen LogP contribution is 2.15. The molecule has 0 fully saturated rings. The van der Waals surface area contributed by atoms with Crippen molar-refractivity contribution in [1.29, 1.82) is 0 Å². The van der Waals surface area contributed by atoms with Gasteiger partial charge in [0.2, 0.25) is 10.3 Å². The van der Waals surface area contributed by atoms with E-state index in [1.54, 1.807) is 24.5 Å². The predicted octanol–water partition coefficient (Wildman–Crippen LogP) is 0.358. The van der Waals surface area contributed by atoms with Gasteiger partial charge in [0.15, 0.2) is 0 Å². The number of nitrogens with zero attached hydrogens (tertiary/aromatic N) is 1. The Labute approximate surface area is 104 Å². The molecule has 18 heavy (non-hydrogen) atoms. The summed E-state index contributed by atoms with van der Waals surface area (Å²) >= 11 is 0. The third-order valence-corrected chi connectivity index (χ3v) is 3.49. The molecule has 0 spiro atoms. The minimum Gasteiger partial charge on any atom is -0.456 e.